The number of aryl methyl sites for hydroxylation is 1. The summed E-state index contributed by atoms with van der Waals surface area (Å²) in [5.74, 6) is -1.05. The van der Waals surface area contributed by atoms with Crippen molar-refractivity contribution in [2.45, 2.75) is 50.1 Å². The van der Waals surface area contributed by atoms with E-state index in [9.17, 15) is 17.6 Å². The molecule has 2 aromatic carbocycles. The molecule has 1 atom stereocenters. The Morgan fingerprint density at radius 1 is 1.13 bits per heavy atom. The molecule has 0 radical (unpaired) electrons. The molecular formula is C22H26FN3O3S. The minimum atomic E-state index is -4.01. The smallest absolute Gasteiger partial charge is 0.243 e. The van der Waals surface area contributed by atoms with Crippen molar-refractivity contribution in [3.8, 4) is 0 Å². The van der Waals surface area contributed by atoms with Crippen LogP contribution in [0.25, 0.3) is 0 Å². The molecule has 0 aliphatic carbocycles. The Bertz CT molecular complexity index is 1070. The molecule has 0 spiro atoms. The van der Waals surface area contributed by atoms with Crippen LogP contribution in [0.15, 0.2) is 41.3 Å². The van der Waals surface area contributed by atoms with Gasteiger partial charge in [0.1, 0.15) is 10.7 Å². The maximum absolute atomic E-state index is 14.5. The highest BCUT2D eigenvalue weighted by Crippen LogP contribution is 2.28. The van der Waals surface area contributed by atoms with Crippen LogP contribution >= 0.6 is 0 Å². The number of anilines is 1. The second-order valence-electron chi connectivity index (χ2n) is 7.89. The van der Waals surface area contributed by atoms with Crippen molar-refractivity contribution in [1.29, 1.82) is 0 Å². The van der Waals surface area contributed by atoms with E-state index in [-0.39, 0.29) is 29.8 Å². The van der Waals surface area contributed by atoms with Crippen molar-refractivity contribution in [2.75, 3.05) is 18.4 Å². The van der Waals surface area contributed by atoms with Crippen LogP contribution in [0.5, 0.6) is 0 Å². The van der Waals surface area contributed by atoms with E-state index < -0.39 is 15.8 Å². The van der Waals surface area contributed by atoms with Gasteiger partial charge in [0.25, 0.3) is 0 Å². The van der Waals surface area contributed by atoms with Gasteiger partial charge in [-0.15, -0.1) is 0 Å². The summed E-state index contributed by atoms with van der Waals surface area (Å²) in [4.78, 5) is 13.4. The van der Waals surface area contributed by atoms with Crippen LogP contribution in [0, 0.1) is 5.82 Å². The zero-order valence-corrected chi connectivity index (χ0v) is 17.8. The van der Waals surface area contributed by atoms with Gasteiger partial charge in [-0.1, -0.05) is 31.2 Å². The number of nitrogens with one attached hydrogen (secondary N) is 2. The fraction of sp³-hybridized carbons (Fsp3) is 0.409. The van der Waals surface area contributed by atoms with Gasteiger partial charge in [0.05, 0.1) is 0 Å². The summed E-state index contributed by atoms with van der Waals surface area (Å²) >= 11 is 0. The number of hydrogen-bond donors (Lipinski definition) is 2. The first kappa shape index (κ1) is 21.0. The van der Waals surface area contributed by atoms with E-state index in [0.717, 1.165) is 32.0 Å². The Balaban J connectivity index is 1.48. The lowest BCUT2D eigenvalue weighted by Crippen LogP contribution is -2.45. The highest BCUT2D eigenvalue weighted by molar-refractivity contribution is 7.89. The van der Waals surface area contributed by atoms with E-state index in [1.165, 1.54) is 17.2 Å². The third-order valence-electron chi connectivity index (χ3n) is 6.00. The molecule has 1 amide bonds. The van der Waals surface area contributed by atoms with Crippen molar-refractivity contribution < 1.29 is 17.6 Å². The summed E-state index contributed by atoms with van der Waals surface area (Å²) in [6.07, 6.45) is 2.38. The number of carbonyl (C=O) groups excluding carboxylic acids is 1. The standard InChI is InChI=1S/C22H26FN3O3S/c1-2-18(26-10-9-15-5-3-4-6-17(15)14-26)13-24-30(28,29)21-11-16-7-8-22(27)25-20(16)12-19(21)23/h3-6,11-12,18,24H,2,7-10,13-14H2,1H3,(H,25,27). The van der Waals surface area contributed by atoms with E-state index in [1.54, 1.807) is 0 Å². The van der Waals surface area contributed by atoms with Crippen molar-refractivity contribution in [2.24, 2.45) is 0 Å². The Hall–Kier alpha value is -2.29. The molecule has 1 unspecified atom stereocenters. The molecule has 2 aliphatic rings. The quantitative estimate of drug-likeness (QED) is 0.737. The second kappa shape index (κ2) is 8.45. The number of benzene rings is 2. The lowest BCUT2D eigenvalue weighted by atomic mass is 9.98. The summed E-state index contributed by atoms with van der Waals surface area (Å²) in [6.45, 7) is 3.89. The molecule has 4 rings (SSSR count). The van der Waals surface area contributed by atoms with Gasteiger partial charge in [0.15, 0.2) is 0 Å². The maximum Gasteiger partial charge on any atom is 0.243 e. The summed E-state index contributed by atoms with van der Waals surface area (Å²) in [5, 5.41) is 2.59. The number of amides is 1. The molecule has 2 heterocycles. The highest BCUT2D eigenvalue weighted by atomic mass is 32.2. The third kappa shape index (κ3) is 4.26. The van der Waals surface area contributed by atoms with Gasteiger partial charge in [-0.05, 0) is 48.1 Å². The monoisotopic (exact) mass is 431 g/mol. The molecule has 0 fully saturated rings. The van der Waals surface area contributed by atoms with E-state index in [4.69, 9.17) is 0 Å². The molecular weight excluding hydrogens is 405 g/mol. The number of hydrogen-bond acceptors (Lipinski definition) is 4. The van der Waals surface area contributed by atoms with Gasteiger partial charge in [0, 0.05) is 37.8 Å². The van der Waals surface area contributed by atoms with E-state index in [2.05, 4.69) is 27.1 Å². The van der Waals surface area contributed by atoms with Gasteiger partial charge in [-0.25, -0.2) is 17.5 Å². The van der Waals surface area contributed by atoms with Crippen LogP contribution in [0.4, 0.5) is 10.1 Å². The Kier molecular flexibility index (Phi) is 5.90. The zero-order chi connectivity index (χ0) is 21.3. The van der Waals surface area contributed by atoms with E-state index >= 15 is 0 Å². The van der Waals surface area contributed by atoms with Gasteiger partial charge < -0.3 is 5.32 Å². The number of halogens is 1. The molecule has 2 aliphatic heterocycles. The molecule has 0 bridgehead atoms. The van der Waals surface area contributed by atoms with Gasteiger partial charge in [-0.2, -0.15) is 0 Å². The average molecular weight is 432 g/mol. The summed E-state index contributed by atoms with van der Waals surface area (Å²) in [5.41, 5.74) is 3.59. The van der Waals surface area contributed by atoms with Crippen molar-refractivity contribution in [3.63, 3.8) is 0 Å². The van der Waals surface area contributed by atoms with Gasteiger partial charge >= 0.3 is 0 Å². The first-order chi connectivity index (χ1) is 14.4. The predicted octanol–water partition coefficient (Wildman–Crippen LogP) is 2.83. The average Bonchev–Trinajstić information content (AvgIpc) is 2.73. The van der Waals surface area contributed by atoms with Crippen molar-refractivity contribution in [1.82, 2.24) is 9.62 Å². The molecule has 2 N–H and O–H groups in total. The van der Waals surface area contributed by atoms with Crippen LogP contribution in [0.3, 0.4) is 0 Å². The minimum absolute atomic E-state index is 0.0214. The Morgan fingerprint density at radius 3 is 2.67 bits per heavy atom. The Labute approximate surface area is 176 Å². The second-order valence-corrected chi connectivity index (χ2v) is 9.63. The topological polar surface area (TPSA) is 78.5 Å². The number of rotatable bonds is 6. The van der Waals surface area contributed by atoms with Crippen LogP contribution in [-0.4, -0.2) is 38.4 Å². The van der Waals surface area contributed by atoms with Crippen molar-refractivity contribution >= 4 is 21.6 Å². The normalized spacial score (nSPS) is 17.7. The van der Waals surface area contributed by atoms with Crippen LogP contribution in [0.2, 0.25) is 0 Å². The molecule has 0 saturated carbocycles. The van der Waals surface area contributed by atoms with Crippen LogP contribution in [0.1, 0.15) is 36.5 Å². The molecule has 0 aromatic heterocycles. The van der Waals surface area contributed by atoms with Gasteiger partial charge in [-0.3, -0.25) is 9.69 Å². The first-order valence-corrected chi connectivity index (χ1v) is 11.8. The van der Waals surface area contributed by atoms with Crippen molar-refractivity contribution in [3.05, 3.63) is 58.9 Å². The summed E-state index contributed by atoms with van der Waals surface area (Å²) < 4.78 is 42.8. The van der Waals surface area contributed by atoms with E-state index in [0.29, 0.717) is 17.7 Å². The number of fused-ring (bicyclic) bond motifs is 2. The lowest BCUT2D eigenvalue weighted by molar-refractivity contribution is -0.116. The lowest BCUT2D eigenvalue weighted by Gasteiger charge is -2.35. The number of sulfonamides is 1. The zero-order valence-electron chi connectivity index (χ0n) is 16.9. The highest BCUT2D eigenvalue weighted by Gasteiger charge is 2.27. The third-order valence-corrected chi connectivity index (χ3v) is 7.44. The number of carbonyl (C=O) groups is 1. The predicted molar refractivity (Wildman–Crippen MR) is 113 cm³/mol. The molecule has 30 heavy (non-hydrogen) atoms. The molecule has 8 heteroatoms. The molecule has 0 saturated heterocycles. The van der Waals surface area contributed by atoms with Crippen LogP contribution < -0.4 is 10.0 Å². The van der Waals surface area contributed by atoms with E-state index in [1.807, 2.05) is 19.1 Å². The fourth-order valence-corrected chi connectivity index (χ4v) is 5.41. The summed E-state index contributed by atoms with van der Waals surface area (Å²) in [7, 11) is -4.01. The largest absolute Gasteiger partial charge is 0.326 e. The molecule has 160 valence electrons. The first-order valence-electron chi connectivity index (χ1n) is 10.3. The Morgan fingerprint density at radius 2 is 1.90 bits per heavy atom. The SMILES string of the molecule is CCC(CNS(=O)(=O)c1cc2c(cc1F)NC(=O)CC2)N1CCc2ccccc2C1. The maximum atomic E-state index is 14.5. The fourth-order valence-electron chi connectivity index (χ4n) is 4.23. The number of nitrogens with zero attached hydrogens (tertiary/aromatic N) is 1. The van der Waals surface area contributed by atoms with Crippen LogP contribution in [-0.2, 0) is 34.2 Å². The summed E-state index contributed by atoms with van der Waals surface area (Å²) in [6, 6.07) is 10.8. The minimum Gasteiger partial charge on any atom is -0.326 e. The van der Waals surface area contributed by atoms with Gasteiger partial charge in [0.2, 0.25) is 15.9 Å². The molecule has 2 aromatic rings. The molecule has 6 nitrogen and oxygen atoms in total.